The van der Waals surface area contributed by atoms with Gasteiger partial charge in [-0.1, -0.05) is 95.8 Å². The number of aryl methyl sites for hydroxylation is 1. The summed E-state index contributed by atoms with van der Waals surface area (Å²) in [6.45, 7) is 2.11. The molecule has 0 saturated carbocycles. The van der Waals surface area contributed by atoms with E-state index in [0.717, 1.165) is 37.0 Å². The molecule has 150 valence electrons. The maximum atomic E-state index is 12.0. The summed E-state index contributed by atoms with van der Waals surface area (Å²) >= 11 is 10.6. The van der Waals surface area contributed by atoms with E-state index in [0.29, 0.717) is 0 Å². The molecule has 3 rings (SSSR count). The number of carbonyl (C=O) groups excluding carboxylic acids is 1. The lowest BCUT2D eigenvalue weighted by molar-refractivity contribution is -0.118. The molecule has 0 spiro atoms. The monoisotopic (exact) mass is 462 g/mol. The van der Waals surface area contributed by atoms with Crippen LogP contribution in [0, 0.1) is 0 Å². The fourth-order valence-electron chi connectivity index (χ4n) is 2.25. The second-order valence-electron chi connectivity index (χ2n) is 5.89. The second-order valence-corrected chi connectivity index (χ2v) is 9.72. The SMILES string of the molecule is CCc1ccc(/C=N/NC(=O)CSc2nnc(SCc3ccccc3Cl)s2)cc1. The van der Waals surface area contributed by atoms with E-state index in [1.54, 1.807) is 18.0 Å². The number of nitrogens with zero attached hydrogens (tertiary/aromatic N) is 3. The molecular formula is C20H19ClN4OS3. The van der Waals surface area contributed by atoms with E-state index in [4.69, 9.17) is 11.6 Å². The third-order valence-electron chi connectivity index (χ3n) is 3.81. The summed E-state index contributed by atoms with van der Waals surface area (Å²) in [4.78, 5) is 12.0. The largest absolute Gasteiger partial charge is 0.272 e. The molecule has 3 aromatic rings. The van der Waals surface area contributed by atoms with Crippen LogP contribution in [0.4, 0.5) is 0 Å². The standard InChI is InChI=1S/C20H19ClN4OS3/c1-2-14-7-9-15(10-8-14)11-22-23-18(26)13-28-20-25-24-19(29-20)27-12-16-5-3-4-6-17(16)21/h3-11H,2,12-13H2,1H3,(H,23,26)/b22-11+. The van der Waals surface area contributed by atoms with Crippen molar-refractivity contribution in [2.75, 3.05) is 5.75 Å². The number of amides is 1. The van der Waals surface area contributed by atoms with Crippen molar-refractivity contribution in [3.63, 3.8) is 0 Å². The van der Waals surface area contributed by atoms with Crippen LogP contribution in [0.5, 0.6) is 0 Å². The average Bonchev–Trinajstić information content (AvgIpc) is 3.20. The van der Waals surface area contributed by atoms with Gasteiger partial charge in [0.25, 0.3) is 5.91 Å². The zero-order valence-electron chi connectivity index (χ0n) is 15.7. The van der Waals surface area contributed by atoms with Crippen LogP contribution in [0.2, 0.25) is 5.02 Å². The number of thioether (sulfide) groups is 2. The van der Waals surface area contributed by atoms with Crippen molar-refractivity contribution in [1.29, 1.82) is 0 Å². The zero-order chi connectivity index (χ0) is 20.5. The number of nitrogens with one attached hydrogen (secondary N) is 1. The molecule has 1 heterocycles. The topological polar surface area (TPSA) is 67.2 Å². The molecule has 0 unspecified atom stereocenters. The molecule has 0 aliphatic rings. The minimum atomic E-state index is -0.183. The summed E-state index contributed by atoms with van der Waals surface area (Å²) in [7, 11) is 0. The number of hydrazone groups is 1. The summed E-state index contributed by atoms with van der Waals surface area (Å²) in [5.74, 6) is 0.778. The highest BCUT2D eigenvalue weighted by Gasteiger charge is 2.09. The van der Waals surface area contributed by atoms with Crippen molar-refractivity contribution in [2.24, 2.45) is 5.10 Å². The molecule has 0 bridgehead atoms. The molecule has 0 radical (unpaired) electrons. The van der Waals surface area contributed by atoms with Crippen molar-refractivity contribution in [2.45, 2.75) is 27.8 Å². The van der Waals surface area contributed by atoms with E-state index in [9.17, 15) is 4.79 Å². The Morgan fingerprint density at radius 3 is 2.59 bits per heavy atom. The number of hydrogen-bond acceptors (Lipinski definition) is 7. The van der Waals surface area contributed by atoms with Gasteiger partial charge in [-0.05, 0) is 29.2 Å². The second kappa shape index (κ2) is 11.3. The Morgan fingerprint density at radius 2 is 1.86 bits per heavy atom. The minimum absolute atomic E-state index is 0.183. The number of benzene rings is 2. The van der Waals surface area contributed by atoms with Gasteiger partial charge in [0.2, 0.25) is 0 Å². The summed E-state index contributed by atoms with van der Waals surface area (Å²) in [6, 6.07) is 15.8. The normalized spacial score (nSPS) is 11.1. The van der Waals surface area contributed by atoms with Crippen molar-refractivity contribution in [3.8, 4) is 0 Å². The summed E-state index contributed by atoms with van der Waals surface area (Å²) in [5, 5.41) is 13.0. The fraction of sp³-hybridized carbons (Fsp3) is 0.200. The Balaban J connectivity index is 1.41. The molecule has 1 amide bonds. The van der Waals surface area contributed by atoms with Gasteiger partial charge in [-0.2, -0.15) is 5.10 Å². The molecule has 5 nitrogen and oxygen atoms in total. The number of rotatable bonds is 9. The van der Waals surface area contributed by atoms with Crippen LogP contribution in [-0.4, -0.2) is 28.1 Å². The van der Waals surface area contributed by atoms with Gasteiger partial charge in [0.15, 0.2) is 8.68 Å². The average molecular weight is 463 g/mol. The first-order valence-corrected chi connectivity index (χ1v) is 12.0. The first-order chi connectivity index (χ1) is 14.1. The van der Waals surface area contributed by atoms with E-state index in [2.05, 4.69) is 39.8 Å². The molecule has 9 heteroatoms. The quantitative estimate of drug-likeness (QED) is 0.266. The molecule has 2 aromatic carbocycles. The predicted octanol–water partition coefficient (Wildman–Crippen LogP) is 5.29. The van der Waals surface area contributed by atoms with Crippen molar-refractivity contribution in [3.05, 3.63) is 70.2 Å². The summed E-state index contributed by atoms with van der Waals surface area (Å²) in [5.41, 5.74) is 5.81. The summed E-state index contributed by atoms with van der Waals surface area (Å²) in [6.07, 6.45) is 2.63. The maximum absolute atomic E-state index is 12.0. The number of aromatic nitrogens is 2. The minimum Gasteiger partial charge on any atom is -0.272 e. The lowest BCUT2D eigenvalue weighted by Gasteiger charge is -2.00. The number of hydrogen-bond donors (Lipinski definition) is 1. The predicted molar refractivity (Wildman–Crippen MR) is 123 cm³/mol. The van der Waals surface area contributed by atoms with E-state index in [-0.39, 0.29) is 11.7 Å². The molecule has 0 atom stereocenters. The van der Waals surface area contributed by atoms with Gasteiger partial charge >= 0.3 is 0 Å². The van der Waals surface area contributed by atoms with E-state index < -0.39 is 0 Å². The van der Waals surface area contributed by atoms with Crippen LogP contribution >= 0.6 is 46.5 Å². The molecule has 0 aliphatic carbocycles. The molecule has 1 N–H and O–H groups in total. The van der Waals surface area contributed by atoms with Crippen molar-refractivity contribution >= 4 is 58.6 Å². The zero-order valence-corrected chi connectivity index (χ0v) is 18.9. The van der Waals surface area contributed by atoms with Crippen LogP contribution < -0.4 is 5.43 Å². The first kappa shape index (κ1) is 21.8. The van der Waals surface area contributed by atoms with Gasteiger partial charge in [0.05, 0.1) is 12.0 Å². The van der Waals surface area contributed by atoms with Crippen LogP contribution in [0.15, 0.2) is 62.3 Å². The third kappa shape index (κ3) is 7.15. The van der Waals surface area contributed by atoms with Gasteiger partial charge in [-0.15, -0.1) is 10.2 Å². The van der Waals surface area contributed by atoms with Gasteiger partial charge in [0.1, 0.15) is 0 Å². The van der Waals surface area contributed by atoms with Gasteiger partial charge in [-0.3, -0.25) is 4.79 Å². The lowest BCUT2D eigenvalue weighted by atomic mass is 10.1. The highest BCUT2D eigenvalue weighted by Crippen LogP contribution is 2.32. The highest BCUT2D eigenvalue weighted by atomic mass is 35.5. The number of halogens is 1. The van der Waals surface area contributed by atoms with Crippen molar-refractivity contribution in [1.82, 2.24) is 15.6 Å². The number of carbonyl (C=O) groups is 1. The third-order valence-corrected chi connectivity index (χ3v) is 7.42. The molecular weight excluding hydrogens is 444 g/mol. The van der Waals surface area contributed by atoms with Crippen LogP contribution in [0.3, 0.4) is 0 Å². The molecule has 0 saturated heterocycles. The van der Waals surface area contributed by atoms with E-state index >= 15 is 0 Å². The lowest BCUT2D eigenvalue weighted by Crippen LogP contribution is -2.19. The molecule has 29 heavy (non-hydrogen) atoms. The van der Waals surface area contributed by atoms with E-state index in [1.807, 2.05) is 36.4 Å². The highest BCUT2D eigenvalue weighted by molar-refractivity contribution is 8.03. The summed E-state index contributed by atoms with van der Waals surface area (Å²) < 4.78 is 1.60. The van der Waals surface area contributed by atoms with Crippen LogP contribution in [0.1, 0.15) is 23.6 Å². The maximum Gasteiger partial charge on any atom is 0.250 e. The molecule has 1 aromatic heterocycles. The van der Waals surface area contributed by atoms with Gasteiger partial charge in [-0.25, -0.2) is 5.43 Å². The Kier molecular flexibility index (Phi) is 8.54. The first-order valence-electron chi connectivity index (χ1n) is 8.87. The van der Waals surface area contributed by atoms with Crippen molar-refractivity contribution < 1.29 is 4.79 Å². The van der Waals surface area contributed by atoms with Crippen LogP contribution in [0.25, 0.3) is 0 Å². The molecule has 0 aliphatic heterocycles. The Bertz CT molecular complexity index is 976. The Hall–Kier alpha value is -1.87. The Labute approximate surface area is 187 Å². The fourth-order valence-corrected chi connectivity index (χ4v) is 5.34. The Morgan fingerprint density at radius 1 is 1.14 bits per heavy atom. The van der Waals surface area contributed by atoms with E-state index in [1.165, 1.54) is 28.7 Å². The van der Waals surface area contributed by atoms with Gasteiger partial charge in [0, 0.05) is 10.8 Å². The van der Waals surface area contributed by atoms with Crippen LogP contribution in [-0.2, 0) is 17.0 Å². The molecule has 0 fully saturated rings. The smallest absolute Gasteiger partial charge is 0.250 e. The van der Waals surface area contributed by atoms with Gasteiger partial charge < -0.3 is 0 Å².